The molecule has 0 radical (unpaired) electrons. The first-order valence-corrected chi connectivity index (χ1v) is 12.1. The zero-order valence-corrected chi connectivity index (χ0v) is 18.3. The van der Waals surface area contributed by atoms with Gasteiger partial charge in [0.05, 0.1) is 23.9 Å². The van der Waals surface area contributed by atoms with Crippen LogP contribution in [0.15, 0.2) is 28.9 Å². The summed E-state index contributed by atoms with van der Waals surface area (Å²) >= 11 is 6.21. The van der Waals surface area contributed by atoms with Gasteiger partial charge in [0.25, 0.3) is 0 Å². The Morgan fingerprint density at radius 2 is 2.24 bits per heavy atom. The third-order valence-electron chi connectivity index (χ3n) is 5.50. The molecule has 9 heteroatoms. The van der Waals surface area contributed by atoms with Crippen molar-refractivity contribution in [2.45, 2.75) is 43.9 Å². The van der Waals surface area contributed by atoms with Crippen molar-refractivity contribution in [1.29, 1.82) is 0 Å². The zero-order chi connectivity index (χ0) is 21.2. The summed E-state index contributed by atoms with van der Waals surface area (Å²) in [7, 11) is -3.07. The predicted octanol–water partition coefficient (Wildman–Crippen LogP) is 1.91. The van der Waals surface area contributed by atoms with Crippen LogP contribution in [0.25, 0.3) is 0 Å². The lowest BCUT2D eigenvalue weighted by Gasteiger charge is -2.47. The fourth-order valence-electron chi connectivity index (χ4n) is 4.30. The van der Waals surface area contributed by atoms with E-state index in [9.17, 15) is 13.5 Å². The Labute approximate surface area is 176 Å². The first kappa shape index (κ1) is 22.1. The maximum atomic E-state index is 11.3. The van der Waals surface area contributed by atoms with Crippen LogP contribution in [-0.2, 0) is 26.6 Å². The van der Waals surface area contributed by atoms with E-state index in [-0.39, 0.29) is 30.1 Å². The number of halogens is 1. The minimum atomic E-state index is -3.07. The molecule has 0 aliphatic carbocycles. The summed E-state index contributed by atoms with van der Waals surface area (Å²) in [6.07, 6.45) is 6.25. The normalized spacial score (nSPS) is 28.0. The monoisotopic (exact) mass is 441 g/mol. The molecule has 29 heavy (non-hydrogen) atoms. The molecule has 3 rings (SSSR count). The van der Waals surface area contributed by atoms with E-state index >= 15 is 0 Å². The smallest absolute Gasteiger partial charge is 0.149 e. The molecular formula is C20H28ClN3O4S. The quantitative estimate of drug-likeness (QED) is 0.601. The van der Waals surface area contributed by atoms with Gasteiger partial charge in [0, 0.05) is 48.3 Å². The highest BCUT2D eigenvalue weighted by Gasteiger charge is 2.47. The standard InChI is InChI=1S/C20H28ClN3O4S/c1-13-9-20(18-14(5-7-28-20)3-4-16(21)19(18)25)10-17(24-13)15(11-22)12-23-6-8-29(2,26)27/h3-4,11-13,17,24-25H,5-10,22H2,1-2H3/b15-11+,23-12?. The van der Waals surface area contributed by atoms with Gasteiger partial charge in [-0.2, -0.15) is 0 Å². The number of aromatic hydroxyl groups is 1. The number of sulfone groups is 1. The summed E-state index contributed by atoms with van der Waals surface area (Å²) in [5, 5.41) is 14.5. The van der Waals surface area contributed by atoms with Gasteiger partial charge in [0.2, 0.25) is 0 Å². The largest absolute Gasteiger partial charge is 0.506 e. The number of benzene rings is 1. The SMILES string of the molecule is CC1CC2(CC(/C(C=NCCS(C)(=O)=O)=C/N)N1)OCCc1ccc(Cl)c(O)c12. The minimum Gasteiger partial charge on any atom is -0.506 e. The summed E-state index contributed by atoms with van der Waals surface area (Å²) < 4.78 is 28.9. The summed E-state index contributed by atoms with van der Waals surface area (Å²) in [4.78, 5) is 4.23. The van der Waals surface area contributed by atoms with Crippen molar-refractivity contribution in [3.05, 3.63) is 40.1 Å². The van der Waals surface area contributed by atoms with Crippen LogP contribution in [0, 0.1) is 0 Å². The van der Waals surface area contributed by atoms with Crippen molar-refractivity contribution < 1.29 is 18.3 Å². The lowest BCUT2D eigenvalue weighted by molar-refractivity contribution is -0.0955. The Morgan fingerprint density at radius 1 is 1.48 bits per heavy atom. The highest BCUT2D eigenvalue weighted by Crippen LogP contribution is 2.49. The van der Waals surface area contributed by atoms with Crippen LogP contribution < -0.4 is 11.1 Å². The molecule has 0 bridgehead atoms. The number of rotatable bonds is 5. The average molecular weight is 442 g/mol. The second-order valence-corrected chi connectivity index (χ2v) is 10.6. The molecule has 1 saturated heterocycles. The first-order chi connectivity index (χ1) is 13.6. The fraction of sp³-hybridized carbons (Fsp3) is 0.550. The van der Waals surface area contributed by atoms with Crippen LogP contribution in [-0.4, -0.2) is 57.0 Å². The number of ether oxygens (including phenoxy) is 1. The number of piperidine rings is 1. The van der Waals surface area contributed by atoms with Crippen LogP contribution in [0.2, 0.25) is 5.02 Å². The molecule has 3 atom stereocenters. The van der Waals surface area contributed by atoms with E-state index in [0.717, 1.165) is 23.1 Å². The van der Waals surface area contributed by atoms with Crippen molar-refractivity contribution in [3.63, 3.8) is 0 Å². The highest BCUT2D eigenvalue weighted by molar-refractivity contribution is 7.90. The molecule has 1 spiro atoms. The molecule has 2 heterocycles. The van der Waals surface area contributed by atoms with E-state index < -0.39 is 15.4 Å². The number of phenols is 1. The molecule has 2 aliphatic heterocycles. The van der Waals surface area contributed by atoms with Crippen LogP contribution in [0.4, 0.5) is 0 Å². The number of nitrogens with one attached hydrogen (secondary N) is 1. The van der Waals surface area contributed by atoms with Crippen molar-refractivity contribution in [2.24, 2.45) is 10.7 Å². The summed E-state index contributed by atoms with van der Waals surface area (Å²) in [5.74, 6) is 0.0691. The van der Waals surface area contributed by atoms with Gasteiger partial charge >= 0.3 is 0 Å². The van der Waals surface area contributed by atoms with Crippen molar-refractivity contribution in [1.82, 2.24) is 5.32 Å². The Bertz CT molecular complexity index is 932. The van der Waals surface area contributed by atoms with Crippen LogP contribution in [0.1, 0.15) is 30.9 Å². The van der Waals surface area contributed by atoms with Gasteiger partial charge in [-0.3, -0.25) is 4.99 Å². The Morgan fingerprint density at radius 3 is 2.93 bits per heavy atom. The number of hydrogen-bond donors (Lipinski definition) is 3. The number of phenolic OH excluding ortho intramolecular Hbond substituents is 1. The summed E-state index contributed by atoms with van der Waals surface area (Å²) in [6, 6.07) is 3.61. The van der Waals surface area contributed by atoms with Crippen LogP contribution in [0.5, 0.6) is 5.75 Å². The van der Waals surface area contributed by atoms with Crippen molar-refractivity contribution in [3.8, 4) is 5.75 Å². The molecular weight excluding hydrogens is 414 g/mol. The summed E-state index contributed by atoms with van der Waals surface area (Å²) in [5.41, 5.74) is 7.75. The molecule has 1 fully saturated rings. The zero-order valence-electron chi connectivity index (χ0n) is 16.7. The van der Waals surface area contributed by atoms with E-state index in [1.54, 1.807) is 12.3 Å². The second-order valence-electron chi connectivity index (χ2n) is 7.88. The molecule has 1 aromatic carbocycles. The van der Waals surface area contributed by atoms with E-state index in [2.05, 4.69) is 17.2 Å². The van der Waals surface area contributed by atoms with E-state index in [1.165, 1.54) is 12.5 Å². The predicted molar refractivity (Wildman–Crippen MR) is 115 cm³/mol. The summed E-state index contributed by atoms with van der Waals surface area (Å²) in [6.45, 7) is 2.80. The molecule has 4 N–H and O–H groups in total. The topological polar surface area (TPSA) is 114 Å². The number of aliphatic imine (C=N–C) groups is 1. The lowest BCUT2D eigenvalue weighted by atomic mass is 9.73. The number of nitrogens with zero attached hydrogens (tertiary/aromatic N) is 1. The van der Waals surface area contributed by atoms with E-state index in [1.807, 2.05) is 6.07 Å². The number of fused-ring (bicyclic) bond motifs is 2. The van der Waals surface area contributed by atoms with Gasteiger partial charge in [-0.05, 0) is 31.4 Å². The van der Waals surface area contributed by atoms with Crippen molar-refractivity contribution >= 4 is 27.7 Å². The molecule has 0 saturated carbocycles. The molecule has 2 aliphatic rings. The fourth-order valence-corrected chi connectivity index (χ4v) is 4.89. The third-order valence-corrected chi connectivity index (χ3v) is 6.73. The lowest BCUT2D eigenvalue weighted by Crippen LogP contribution is -2.54. The van der Waals surface area contributed by atoms with Crippen molar-refractivity contribution in [2.75, 3.05) is 25.2 Å². The van der Waals surface area contributed by atoms with Gasteiger partial charge < -0.3 is 20.9 Å². The maximum Gasteiger partial charge on any atom is 0.149 e. The van der Waals surface area contributed by atoms with Crippen LogP contribution in [0.3, 0.4) is 0 Å². The molecule has 0 amide bonds. The van der Waals surface area contributed by atoms with Gasteiger partial charge in [-0.25, -0.2) is 8.42 Å². The van der Waals surface area contributed by atoms with Gasteiger partial charge in [-0.1, -0.05) is 17.7 Å². The van der Waals surface area contributed by atoms with E-state index in [4.69, 9.17) is 22.1 Å². The number of hydrogen-bond acceptors (Lipinski definition) is 7. The molecule has 3 unspecified atom stereocenters. The maximum absolute atomic E-state index is 11.3. The molecule has 7 nitrogen and oxygen atoms in total. The second kappa shape index (κ2) is 8.63. The first-order valence-electron chi connectivity index (χ1n) is 9.65. The van der Waals surface area contributed by atoms with Gasteiger partial charge in [0.15, 0.2) is 0 Å². The Kier molecular flexibility index (Phi) is 6.57. The van der Waals surface area contributed by atoms with Gasteiger partial charge in [-0.15, -0.1) is 0 Å². The molecule has 0 aromatic heterocycles. The average Bonchev–Trinajstić information content (AvgIpc) is 2.63. The Hall–Kier alpha value is -1.61. The molecule has 160 valence electrons. The third kappa shape index (κ3) is 4.94. The molecule has 1 aromatic rings. The number of nitrogens with two attached hydrogens (primary N) is 1. The van der Waals surface area contributed by atoms with Crippen LogP contribution >= 0.6 is 11.6 Å². The minimum absolute atomic E-state index is 0.0113. The Balaban J connectivity index is 1.88. The van der Waals surface area contributed by atoms with Gasteiger partial charge in [0.1, 0.15) is 21.2 Å². The van der Waals surface area contributed by atoms with E-state index in [0.29, 0.717) is 24.5 Å². The highest BCUT2D eigenvalue weighted by atomic mass is 35.5.